The molecule has 0 aliphatic carbocycles. The van der Waals surface area contributed by atoms with Gasteiger partial charge >= 0.3 is 0 Å². The van der Waals surface area contributed by atoms with Crippen LogP contribution in [-0.2, 0) is 0 Å². The van der Waals surface area contributed by atoms with Gasteiger partial charge in [0, 0.05) is 5.56 Å². The number of nitrogens with zero attached hydrogens (tertiary/aromatic N) is 3. The molecule has 3 aromatic rings. The summed E-state index contributed by atoms with van der Waals surface area (Å²) in [5, 5.41) is 9.71. The number of amides is 3. The lowest BCUT2D eigenvalue weighted by atomic mass is 10.1. The fraction of sp³-hybridized carbons (Fsp3) is 0. The lowest BCUT2D eigenvalue weighted by molar-refractivity contribution is 0.0925. The second-order valence-corrected chi connectivity index (χ2v) is 5.74. The first-order valence-electron chi connectivity index (χ1n) is 7.91. The number of carbonyl (C=O) groups excluding carboxylic acids is 3. The van der Waals surface area contributed by atoms with Gasteiger partial charge in [0.15, 0.2) is 0 Å². The van der Waals surface area contributed by atoms with Gasteiger partial charge in [-0.25, -0.2) is 9.29 Å². The molecule has 1 aromatic heterocycles. The third-order valence-corrected chi connectivity index (χ3v) is 4.11. The molecule has 0 radical (unpaired) electrons. The van der Waals surface area contributed by atoms with Crippen LogP contribution in [0.2, 0.25) is 0 Å². The summed E-state index contributed by atoms with van der Waals surface area (Å²) >= 11 is 0. The van der Waals surface area contributed by atoms with Crippen molar-refractivity contribution in [3.8, 4) is 0 Å². The quantitative estimate of drug-likeness (QED) is 0.723. The maximum atomic E-state index is 13.6. The molecule has 2 heterocycles. The predicted molar refractivity (Wildman–Crippen MR) is 94.0 cm³/mol. The van der Waals surface area contributed by atoms with E-state index in [0.29, 0.717) is 5.69 Å². The van der Waals surface area contributed by atoms with Gasteiger partial charge in [0.25, 0.3) is 17.7 Å². The van der Waals surface area contributed by atoms with Crippen molar-refractivity contribution in [1.82, 2.24) is 10.2 Å². The van der Waals surface area contributed by atoms with Crippen LogP contribution in [0.4, 0.5) is 15.8 Å². The number of nitrogens with one attached hydrogen (secondary N) is 1. The van der Waals surface area contributed by atoms with Gasteiger partial charge in [-0.1, -0.05) is 12.1 Å². The average molecular weight is 362 g/mol. The summed E-state index contributed by atoms with van der Waals surface area (Å²) in [7, 11) is 0. The summed E-state index contributed by atoms with van der Waals surface area (Å²) in [5.41, 5.74) is 0.977. The van der Waals surface area contributed by atoms with Crippen LogP contribution in [0.15, 0.2) is 60.9 Å². The fourth-order valence-corrected chi connectivity index (χ4v) is 2.75. The molecule has 4 rings (SSSR count). The summed E-state index contributed by atoms with van der Waals surface area (Å²) in [6.45, 7) is 0. The molecule has 1 aliphatic rings. The molecule has 7 nitrogen and oxygen atoms in total. The Balaban J connectivity index is 1.57. The molecule has 0 bridgehead atoms. The van der Waals surface area contributed by atoms with E-state index >= 15 is 0 Å². The summed E-state index contributed by atoms with van der Waals surface area (Å²) in [4.78, 5) is 38.1. The lowest BCUT2D eigenvalue weighted by Gasteiger charge is -2.14. The summed E-state index contributed by atoms with van der Waals surface area (Å²) in [5.74, 6) is -2.07. The molecule has 132 valence electrons. The van der Waals surface area contributed by atoms with E-state index in [1.807, 2.05) is 0 Å². The highest BCUT2D eigenvalue weighted by molar-refractivity contribution is 6.34. The third-order valence-electron chi connectivity index (χ3n) is 4.11. The zero-order chi connectivity index (χ0) is 19.0. The zero-order valence-corrected chi connectivity index (χ0v) is 13.7. The van der Waals surface area contributed by atoms with E-state index in [-0.39, 0.29) is 22.4 Å². The Morgan fingerprint density at radius 2 is 1.48 bits per heavy atom. The highest BCUT2D eigenvalue weighted by Gasteiger charge is 2.37. The number of imide groups is 1. The van der Waals surface area contributed by atoms with Crippen LogP contribution < -0.4 is 10.2 Å². The van der Waals surface area contributed by atoms with Gasteiger partial charge < -0.3 is 5.32 Å². The van der Waals surface area contributed by atoms with E-state index in [2.05, 4.69) is 15.5 Å². The Morgan fingerprint density at radius 3 is 2.07 bits per heavy atom. The smallest absolute Gasteiger partial charge is 0.267 e. The number of rotatable bonds is 3. The molecule has 0 unspecified atom stereocenters. The number of halogens is 1. The molecule has 27 heavy (non-hydrogen) atoms. The number of hydrogen-bond acceptors (Lipinski definition) is 5. The van der Waals surface area contributed by atoms with Gasteiger partial charge in [-0.2, -0.15) is 10.2 Å². The zero-order valence-electron chi connectivity index (χ0n) is 13.7. The van der Waals surface area contributed by atoms with Crippen LogP contribution in [-0.4, -0.2) is 27.9 Å². The van der Waals surface area contributed by atoms with Crippen molar-refractivity contribution in [2.24, 2.45) is 0 Å². The van der Waals surface area contributed by atoms with Crippen LogP contribution in [0.25, 0.3) is 0 Å². The van der Waals surface area contributed by atoms with Gasteiger partial charge in [0.2, 0.25) is 0 Å². The SMILES string of the molecule is O=C(Nc1ccccc1F)c1ccc(N2C(=O)c3cnncc3C2=O)cc1. The molecule has 1 N–H and O–H groups in total. The standard InChI is InChI=1S/C19H11FN4O3/c20-15-3-1-2-4-16(15)23-17(25)11-5-7-12(8-6-11)24-18(26)13-9-21-22-10-14(13)19(24)27/h1-10H,(H,23,25). The largest absolute Gasteiger partial charge is 0.319 e. The molecule has 0 saturated carbocycles. The highest BCUT2D eigenvalue weighted by Crippen LogP contribution is 2.27. The number of aromatic nitrogens is 2. The van der Waals surface area contributed by atoms with E-state index in [1.54, 1.807) is 6.07 Å². The van der Waals surface area contributed by atoms with Crippen LogP contribution in [0.1, 0.15) is 31.1 Å². The molecule has 3 amide bonds. The molecular formula is C19H11FN4O3. The van der Waals surface area contributed by atoms with Crippen LogP contribution in [0, 0.1) is 5.82 Å². The van der Waals surface area contributed by atoms with Crippen molar-refractivity contribution >= 4 is 29.1 Å². The predicted octanol–water partition coefficient (Wildman–Crippen LogP) is 2.67. The average Bonchev–Trinajstić information content (AvgIpc) is 2.95. The van der Waals surface area contributed by atoms with Gasteiger partial charge in [0.05, 0.1) is 34.9 Å². The number of para-hydroxylation sites is 1. The van der Waals surface area contributed by atoms with Crippen LogP contribution >= 0.6 is 0 Å². The monoisotopic (exact) mass is 362 g/mol. The minimum absolute atomic E-state index is 0.0620. The van der Waals surface area contributed by atoms with Crippen molar-refractivity contribution in [3.05, 3.63) is 83.4 Å². The Bertz CT molecular complexity index is 1050. The molecule has 0 fully saturated rings. The van der Waals surface area contributed by atoms with Gasteiger partial charge in [-0.15, -0.1) is 0 Å². The summed E-state index contributed by atoms with van der Waals surface area (Å²) in [6, 6.07) is 11.7. The number of anilines is 2. The van der Waals surface area contributed by atoms with Crippen molar-refractivity contribution in [2.75, 3.05) is 10.2 Å². The van der Waals surface area contributed by atoms with Crippen molar-refractivity contribution < 1.29 is 18.8 Å². The van der Waals surface area contributed by atoms with Crippen molar-refractivity contribution in [2.45, 2.75) is 0 Å². The van der Waals surface area contributed by atoms with E-state index < -0.39 is 23.5 Å². The molecule has 1 aliphatic heterocycles. The Morgan fingerprint density at radius 1 is 0.889 bits per heavy atom. The van der Waals surface area contributed by atoms with Gasteiger partial charge in [-0.05, 0) is 36.4 Å². The molecule has 0 spiro atoms. The second-order valence-electron chi connectivity index (χ2n) is 5.74. The van der Waals surface area contributed by atoms with E-state index in [4.69, 9.17) is 0 Å². The third kappa shape index (κ3) is 2.82. The van der Waals surface area contributed by atoms with Crippen LogP contribution in [0.5, 0.6) is 0 Å². The topological polar surface area (TPSA) is 92.3 Å². The van der Waals surface area contributed by atoms with Gasteiger partial charge in [0.1, 0.15) is 5.82 Å². The highest BCUT2D eigenvalue weighted by atomic mass is 19.1. The maximum Gasteiger partial charge on any atom is 0.267 e. The number of fused-ring (bicyclic) bond motifs is 1. The molecule has 2 aromatic carbocycles. The van der Waals surface area contributed by atoms with Crippen LogP contribution in [0.3, 0.4) is 0 Å². The Kier molecular flexibility index (Phi) is 3.92. The van der Waals surface area contributed by atoms with Gasteiger partial charge in [-0.3, -0.25) is 14.4 Å². The Labute approximate surface area is 152 Å². The second kappa shape index (κ2) is 6.41. The fourth-order valence-electron chi connectivity index (χ4n) is 2.75. The summed E-state index contributed by atoms with van der Waals surface area (Å²) in [6.07, 6.45) is 2.48. The van der Waals surface area contributed by atoms with Crippen molar-refractivity contribution in [3.63, 3.8) is 0 Å². The normalized spacial score (nSPS) is 12.9. The lowest BCUT2D eigenvalue weighted by Crippen LogP contribution is -2.29. The van der Waals surface area contributed by atoms with E-state index in [9.17, 15) is 18.8 Å². The minimum Gasteiger partial charge on any atom is -0.319 e. The minimum atomic E-state index is -0.546. The van der Waals surface area contributed by atoms with E-state index in [0.717, 1.165) is 4.90 Å². The maximum absolute atomic E-state index is 13.6. The Hall–Kier alpha value is -3.94. The molecule has 0 atom stereocenters. The molecular weight excluding hydrogens is 351 g/mol. The number of carbonyl (C=O) groups is 3. The number of hydrogen-bond donors (Lipinski definition) is 1. The first-order chi connectivity index (χ1) is 13.1. The van der Waals surface area contributed by atoms with E-state index in [1.165, 1.54) is 54.9 Å². The van der Waals surface area contributed by atoms with Crippen molar-refractivity contribution in [1.29, 1.82) is 0 Å². The molecule has 0 saturated heterocycles. The number of benzene rings is 2. The summed E-state index contributed by atoms with van der Waals surface area (Å²) < 4.78 is 13.6. The molecule has 8 heteroatoms. The first kappa shape index (κ1) is 16.5. The first-order valence-corrected chi connectivity index (χ1v) is 7.91.